The largest absolute Gasteiger partial charge is 0.467 e. The van der Waals surface area contributed by atoms with Crippen molar-refractivity contribution in [1.29, 1.82) is 0 Å². The van der Waals surface area contributed by atoms with Gasteiger partial charge in [-0.2, -0.15) is 26.3 Å². The van der Waals surface area contributed by atoms with E-state index < -0.39 is 53.4 Å². The summed E-state index contributed by atoms with van der Waals surface area (Å²) in [6, 6.07) is -0.255. The second kappa shape index (κ2) is 8.45. The highest BCUT2D eigenvalue weighted by Gasteiger charge is 2.37. The third-order valence-corrected chi connectivity index (χ3v) is 3.39. The minimum absolute atomic E-state index is 0.00874. The average Bonchev–Trinajstić information content (AvgIpc) is 2.50. The van der Waals surface area contributed by atoms with Gasteiger partial charge in [0.25, 0.3) is 0 Å². The molecule has 0 saturated heterocycles. The second-order valence-corrected chi connectivity index (χ2v) is 5.90. The van der Waals surface area contributed by atoms with Gasteiger partial charge < -0.3 is 10.1 Å². The van der Waals surface area contributed by atoms with Crippen LogP contribution in [-0.4, -0.2) is 25.0 Å². The van der Waals surface area contributed by atoms with Crippen LogP contribution in [0.2, 0.25) is 0 Å². The van der Waals surface area contributed by atoms with E-state index in [2.05, 4.69) is 16.6 Å². The van der Waals surface area contributed by atoms with Crippen LogP contribution >= 0.6 is 0 Å². The van der Waals surface area contributed by atoms with Gasteiger partial charge in [-0.3, -0.25) is 4.79 Å². The van der Waals surface area contributed by atoms with E-state index in [0.29, 0.717) is 17.7 Å². The highest BCUT2D eigenvalue weighted by molar-refractivity contribution is 5.85. The van der Waals surface area contributed by atoms with E-state index in [-0.39, 0.29) is 12.5 Å². The van der Waals surface area contributed by atoms with E-state index in [4.69, 9.17) is 0 Å². The second-order valence-electron chi connectivity index (χ2n) is 5.90. The molecule has 1 amide bonds. The van der Waals surface area contributed by atoms with E-state index in [9.17, 15) is 35.9 Å². The molecule has 0 saturated carbocycles. The molecule has 27 heavy (non-hydrogen) atoms. The topological polar surface area (TPSA) is 55.4 Å². The number of esters is 1. The Hall–Kier alpha value is -2.52. The zero-order valence-electron chi connectivity index (χ0n) is 14.4. The van der Waals surface area contributed by atoms with Gasteiger partial charge in [-0.25, -0.2) is 4.79 Å². The summed E-state index contributed by atoms with van der Waals surface area (Å²) in [7, 11) is 1.07. The van der Waals surface area contributed by atoms with Gasteiger partial charge in [0.2, 0.25) is 5.91 Å². The monoisotopic (exact) mass is 397 g/mol. The van der Waals surface area contributed by atoms with Gasteiger partial charge >= 0.3 is 18.3 Å². The summed E-state index contributed by atoms with van der Waals surface area (Å²) in [5, 5.41) is 2.23. The third-order valence-electron chi connectivity index (χ3n) is 3.39. The van der Waals surface area contributed by atoms with Crippen molar-refractivity contribution in [1.82, 2.24) is 5.32 Å². The Labute approximate surface area is 151 Å². The Kier molecular flexibility index (Phi) is 7.05. The molecule has 0 radical (unpaired) electrons. The van der Waals surface area contributed by atoms with Crippen LogP contribution in [0.5, 0.6) is 0 Å². The van der Waals surface area contributed by atoms with E-state index in [0.717, 1.165) is 7.11 Å². The third kappa shape index (κ3) is 6.95. The Balaban J connectivity index is 3.10. The van der Waals surface area contributed by atoms with Crippen LogP contribution in [0.1, 0.15) is 30.0 Å². The molecule has 1 rings (SSSR count). The number of nitrogens with one attached hydrogen (secondary N) is 1. The van der Waals surface area contributed by atoms with Gasteiger partial charge in [-0.05, 0) is 37.1 Å². The number of halogens is 6. The SMILES string of the molecule is C=C(C)C[C@@H](NC(=O)Cc1cc(C(F)(F)F)cc(C(F)(F)F)c1)C(=O)OC. The fraction of sp³-hybridized carbons (Fsp3) is 0.412. The maximum absolute atomic E-state index is 12.8. The number of rotatable bonds is 6. The first-order valence-electron chi connectivity index (χ1n) is 7.54. The van der Waals surface area contributed by atoms with Crippen molar-refractivity contribution in [2.24, 2.45) is 0 Å². The molecule has 0 spiro atoms. The summed E-state index contributed by atoms with van der Waals surface area (Å²) in [5.74, 6) is -1.74. The van der Waals surface area contributed by atoms with E-state index >= 15 is 0 Å². The molecule has 1 aromatic rings. The quantitative estimate of drug-likeness (QED) is 0.450. The van der Waals surface area contributed by atoms with E-state index in [1.54, 1.807) is 6.92 Å². The fourth-order valence-electron chi connectivity index (χ4n) is 2.24. The summed E-state index contributed by atoms with van der Waals surface area (Å²) in [6.07, 6.45) is -10.8. The summed E-state index contributed by atoms with van der Waals surface area (Å²) >= 11 is 0. The van der Waals surface area contributed by atoms with Crippen LogP contribution in [-0.2, 0) is 33.1 Å². The highest BCUT2D eigenvalue weighted by Crippen LogP contribution is 2.36. The molecule has 1 aromatic carbocycles. The van der Waals surface area contributed by atoms with Gasteiger partial charge in [-0.1, -0.05) is 5.57 Å². The Bertz CT molecular complexity index is 692. The lowest BCUT2D eigenvalue weighted by atomic mass is 10.0. The minimum Gasteiger partial charge on any atom is -0.467 e. The van der Waals surface area contributed by atoms with Gasteiger partial charge in [0.1, 0.15) is 6.04 Å². The molecule has 0 aliphatic carbocycles. The molecule has 1 atom stereocenters. The number of ether oxygens (including phenoxy) is 1. The molecule has 1 N–H and O–H groups in total. The number of carbonyl (C=O) groups is 2. The summed E-state index contributed by atoms with van der Waals surface area (Å²) in [4.78, 5) is 23.7. The van der Waals surface area contributed by atoms with Crippen LogP contribution in [0.4, 0.5) is 26.3 Å². The molecule has 10 heteroatoms. The summed E-state index contributed by atoms with van der Waals surface area (Å²) in [6.45, 7) is 5.15. The number of benzene rings is 1. The molecule has 0 bridgehead atoms. The van der Waals surface area contributed by atoms with Crippen molar-refractivity contribution in [3.63, 3.8) is 0 Å². The zero-order chi connectivity index (χ0) is 21.0. The molecular weight excluding hydrogens is 380 g/mol. The van der Waals surface area contributed by atoms with Crippen molar-refractivity contribution < 1.29 is 40.7 Å². The van der Waals surface area contributed by atoms with Gasteiger partial charge in [0, 0.05) is 0 Å². The van der Waals surface area contributed by atoms with Gasteiger partial charge in [0.15, 0.2) is 0 Å². The van der Waals surface area contributed by atoms with Crippen LogP contribution < -0.4 is 5.32 Å². The molecule has 150 valence electrons. The van der Waals surface area contributed by atoms with Crippen LogP contribution in [0.15, 0.2) is 30.4 Å². The van der Waals surface area contributed by atoms with E-state index in [1.165, 1.54) is 0 Å². The van der Waals surface area contributed by atoms with Crippen molar-refractivity contribution >= 4 is 11.9 Å². The fourth-order valence-corrected chi connectivity index (χ4v) is 2.24. The van der Waals surface area contributed by atoms with Crippen LogP contribution in [0, 0.1) is 0 Å². The average molecular weight is 397 g/mol. The molecule has 0 unspecified atom stereocenters. The number of hydrogen-bond donors (Lipinski definition) is 1. The Morgan fingerprint density at radius 2 is 1.56 bits per heavy atom. The predicted octanol–water partition coefficient (Wildman–Crippen LogP) is 3.89. The zero-order valence-corrected chi connectivity index (χ0v) is 14.4. The van der Waals surface area contributed by atoms with Crippen molar-refractivity contribution in [3.8, 4) is 0 Å². The summed E-state index contributed by atoms with van der Waals surface area (Å²) in [5.41, 5.74) is -3.02. The number of amides is 1. The molecule has 0 aromatic heterocycles. The number of alkyl halides is 6. The maximum atomic E-state index is 12.8. The number of hydrogen-bond acceptors (Lipinski definition) is 3. The number of methoxy groups -OCH3 is 1. The Morgan fingerprint density at radius 1 is 1.07 bits per heavy atom. The first kappa shape index (κ1) is 22.5. The van der Waals surface area contributed by atoms with Crippen molar-refractivity contribution in [2.75, 3.05) is 7.11 Å². The normalized spacial score (nSPS) is 13.0. The minimum atomic E-state index is -5.01. The Morgan fingerprint density at radius 3 is 1.93 bits per heavy atom. The molecular formula is C17H17F6NO3. The van der Waals surface area contributed by atoms with Crippen molar-refractivity contribution in [2.45, 2.75) is 38.2 Å². The van der Waals surface area contributed by atoms with E-state index in [1.807, 2.05) is 0 Å². The molecule has 0 aliphatic rings. The predicted molar refractivity (Wildman–Crippen MR) is 83.5 cm³/mol. The standard InChI is InChI=1S/C17H17F6NO3/c1-9(2)4-13(15(26)27-3)24-14(25)7-10-5-11(16(18,19)20)8-12(6-10)17(21,22)23/h5-6,8,13H,1,4,7H2,2-3H3,(H,24,25)/t13-/m1/s1. The first-order valence-corrected chi connectivity index (χ1v) is 7.54. The van der Waals surface area contributed by atoms with Crippen LogP contribution in [0.3, 0.4) is 0 Å². The lowest BCUT2D eigenvalue weighted by molar-refractivity contribution is -0.145. The maximum Gasteiger partial charge on any atom is 0.416 e. The van der Waals surface area contributed by atoms with Crippen molar-refractivity contribution in [3.05, 3.63) is 47.0 Å². The molecule has 0 heterocycles. The van der Waals surface area contributed by atoms with Crippen LogP contribution in [0.25, 0.3) is 0 Å². The van der Waals surface area contributed by atoms with Gasteiger partial charge in [0.05, 0.1) is 24.7 Å². The molecule has 0 fully saturated rings. The smallest absolute Gasteiger partial charge is 0.416 e. The highest BCUT2D eigenvalue weighted by atomic mass is 19.4. The molecule has 0 aliphatic heterocycles. The lowest BCUT2D eigenvalue weighted by Crippen LogP contribution is -2.42. The summed E-state index contributed by atoms with van der Waals surface area (Å²) < 4.78 is 81.5. The van der Waals surface area contributed by atoms with Gasteiger partial charge in [-0.15, -0.1) is 6.58 Å². The lowest BCUT2D eigenvalue weighted by Gasteiger charge is -2.17. The molecule has 4 nitrogen and oxygen atoms in total. The first-order chi connectivity index (χ1) is 12.2. The number of carbonyl (C=O) groups excluding carboxylic acids is 2.